The normalized spacial score (nSPS) is 24.7. The Bertz CT molecular complexity index is 660. The molecule has 1 amide bonds. The predicted octanol–water partition coefficient (Wildman–Crippen LogP) is 1.97. The summed E-state index contributed by atoms with van der Waals surface area (Å²) in [4.78, 5) is 24.8. The summed E-state index contributed by atoms with van der Waals surface area (Å²) < 4.78 is 14.0. The van der Waals surface area contributed by atoms with Crippen molar-refractivity contribution in [1.82, 2.24) is 14.9 Å². The van der Waals surface area contributed by atoms with Crippen molar-refractivity contribution in [2.45, 2.75) is 31.7 Å². The first-order valence-electron chi connectivity index (χ1n) is 10.6. The molecule has 0 aromatic heterocycles. The van der Waals surface area contributed by atoms with Crippen LogP contribution in [0.2, 0.25) is 0 Å². The number of hydrogen-bond donors (Lipinski definition) is 0. The van der Waals surface area contributed by atoms with E-state index in [1.54, 1.807) is 6.07 Å². The molecule has 3 aliphatic rings. The number of nitrogens with zero attached hydrogens (tertiary/aromatic N) is 4. The third kappa shape index (κ3) is 4.64. The lowest BCUT2D eigenvalue weighted by Gasteiger charge is -2.44. The van der Waals surface area contributed by atoms with E-state index in [-0.39, 0.29) is 11.7 Å². The van der Waals surface area contributed by atoms with Gasteiger partial charge in [0.15, 0.2) is 0 Å². The van der Waals surface area contributed by atoms with E-state index in [9.17, 15) is 9.18 Å². The topological polar surface area (TPSA) is 39.3 Å². The number of piperazine rings is 1. The fourth-order valence-corrected chi connectivity index (χ4v) is 4.57. The number of para-hydroxylation sites is 1. The maximum absolute atomic E-state index is 14.0. The van der Waals surface area contributed by atoms with Gasteiger partial charge in [0.25, 0.3) is 0 Å². The number of carbonyl (C=O) groups is 1. The van der Waals surface area contributed by atoms with Crippen LogP contribution in [0.3, 0.4) is 0 Å². The first-order valence-corrected chi connectivity index (χ1v) is 10.6. The second-order valence-electron chi connectivity index (χ2n) is 7.98. The van der Waals surface area contributed by atoms with Crippen molar-refractivity contribution in [2.75, 3.05) is 63.9 Å². The zero-order valence-electron chi connectivity index (χ0n) is 16.6. The molecule has 1 aromatic rings. The van der Waals surface area contributed by atoms with Gasteiger partial charge < -0.3 is 9.80 Å². The van der Waals surface area contributed by atoms with E-state index in [4.69, 9.17) is 4.84 Å². The van der Waals surface area contributed by atoms with Crippen molar-refractivity contribution in [3.63, 3.8) is 0 Å². The van der Waals surface area contributed by atoms with Gasteiger partial charge in [-0.25, -0.2) is 4.39 Å². The lowest BCUT2D eigenvalue weighted by molar-refractivity contribution is -0.140. The molecule has 0 bridgehead atoms. The molecular formula is C21H31FN4O2. The van der Waals surface area contributed by atoms with Crippen LogP contribution in [-0.4, -0.2) is 85.8 Å². The average Bonchev–Trinajstić information content (AvgIpc) is 3.26. The van der Waals surface area contributed by atoms with Crippen LogP contribution in [0.15, 0.2) is 24.3 Å². The fraction of sp³-hybridized carbons (Fsp3) is 0.667. The Morgan fingerprint density at radius 3 is 2.64 bits per heavy atom. The van der Waals surface area contributed by atoms with Crippen LogP contribution in [0.5, 0.6) is 0 Å². The summed E-state index contributed by atoms with van der Waals surface area (Å²) in [5.74, 6) is 0.0950. The lowest BCUT2D eigenvalue weighted by atomic mass is 10.0. The van der Waals surface area contributed by atoms with E-state index in [0.717, 1.165) is 71.7 Å². The quantitative estimate of drug-likeness (QED) is 0.769. The van der Waals surface area contributed by atoms with Gasteiger partial charge in [-0.3, -0.25) is 14.5 Å². The average molecular weight is 391 g/mol. The van der Waals surface area contributed by atoms with Crippen molar-refractivity contribution in [1.29, 1.82) is 0 Å². The summed E-state index contributed by atoms with van der Waals surface area (Å²) in [6, 6.07) is 7.43. The zero-order valence-corrected chi connectivity index (χ0v) is 16.6. The highest BCUT2D eigenvalue weighted by molar-refractivity contribution is 5.76. The summed E-state index contributed by atoms with van der Waals surface area (Å²) in [6.45, 7) is 7.59. The van der Waals surface area contributed by atoms with Gasteiger partial charge in [-0.05, 0) is 31.4 Å². The molecular weight excluding hydrogens is 359 g/mol. The molecule has 1 aromatic carbocycles. The smallest absolute Gasteiger partial charge is 0.224 e. The van der Waals surface area contributed by atoms with Gasteiger partial charge in [-0.2, -0.15) is 5.06 Å². The Balaban J connectivity index is 1.25. The maximum atomic E-state index is 14.0. The van der Waals surface area contributed by atoms with E-state index in [1.165, 1.54) is 6.07 Å². The Kier molecular flexibility index (Phi) is 6.44. The molecule has 0 saturated carbocycles. The molecule has 3 heterocycles. The number of carbonyl (C=O) groups excluding carboxylic acids is 1. The highest BCUT2D eigenvalue weighted by Crippen LogP contribution is 2.23. The molecule has 4 rings (SSSR count). The number of hydroxylamine groups is 2. The number of anilines is 1. The predicted molar refractivity (Wildman–Crippen MR) is 107 cm³/mol. The molecule has 0 spiro atoms. The van der Waals surface area contributed by atoms with Crippen LogP contribution in [0, 0.1) is 5.82 Å². The Morgan fingerprint density at radius 2 is 1.89 bits per heavy atom. The summed E-state index contributed by atoms with van der Waals surface area (Å²) in [6.07, 6.45) is 3.79. The standard InChI is InChI=1S/C21H31FN4O2/c22-19-6-1-2-7-20(19)24-14-12-23(13-15-24)18-5-3-9-25(17-18)21(27)8-11-26-10-4-16-28-26/h1-2,6-7,18H,3-5,8-17H2/t18-/m0/s1. The van der Waals surface area contributed by atoms with Crippen LogP contribution >= 0.6 is 0 Å². The molecule has 0 unspecified atom stereocenters. The fourth-order valence-electron chi connectivity index (χ4n) is 4.57. The highest BCUT2D eigenvalue weighted by Gasteiger charge is 2.30. The molecule has 154 valence electrons. The first-order chi connectivity index (χ1) is 13.7. The summed E-state index contributed by atoms with van der Waals surface area (Å²) in [5.41, 5.74) is 0.701. The third-order valence-corrected chi connectivity index (χ3v) is 6.17. The van der Waals surface area contributed by atoms with Gasteiger partial charge in [0.2, 0.25) is 5.91 Å². The molecule has 3 aliphatic heterocycles. The number of amides is 1. The number of hydrogen-bond acceptors (Lipinski definition) is 5. The van der Waals surface area contributed by atoms with E-state index >= 15 is 0 Å². The van der Waals surface area contributed by atoms with Gasteiger partial charge in [0, 0.05) is 64.8 Å². The van der Waals surface area contributed by atoms with Crippen LogP contribution in [-0.2, 0) is 9.63 Å². The third-order valence-electron chi connectivity index (χ3n) is 6.17. The van der Waals surface area contributed by atoms with E-state index in [2.05, 4.69) is 9.80 Å². The van der Waals surface area contributed by atoms with Crippen LogP contribution in [0.25, 0.3) is 0 Å². The van der Waals surface area contributed by atoms with Crippen molar-refractivity contribution < 1.29 is 14.0 Å². The summed E-state index contributed by atoms with van der Waals surface area (Å²) in [7, 11) is 0. The maximum Gasteiger partial charge on any atom is 0.224 e. The second kappa shape index (κ2) is 9.20. The van der Waals surface area contributed by atoms with Crippen LogP contribution in [0.4, 0.5) is 10.1 Å². The van der Waals surface area contributed by atoms with Crippen molar-refractivity contribution >= 4 is 11.6 Å². The molecule has 0 aliphatic carbocycles. The monoisotopic (exact) mass is 390 g/mol. The number of halogens is 1. The SMILES string of the molecule is O=C(CCN1CCCO1)N1CCC[C@H](N2CCN(c3ccccc3F)CC2)C1. The molecule has 0 N–H and O–H groups in total. The molecule has 3 saturated heterocycles. The van der Waals surface area contributed by atoms with Gasteiger partial charge in [-0.15, -0.1) is 0 Å². The van der Waals surface area contributed by atoms with Crippen molar-refractivity contribution in [3.05, 3.63) is 30.1 Å². The Hall–Kier alpha value is -1.70. The van der Waals surface area contributed by atoms with Gasteiger partial charge >= 0.3 is 0 Å². The Labute approximate surface area is 166 Å². The van der Waals surface area contributed by atoms with E-state index in [1.807, 2.05) is 22.1 Å². The minimum Gasteiger partial charge on any atom is -0.367 e. The molecule has 3 fully saturated rings. The minimum absolute atomic E-state index is 0.146. The van der Waals surface area contributed by atoms with Gasteiger partial charge in [0.1, 0.15) is 5.82 Å². The second-order valence-corrected chi connectivity index (χ2v) is 7.98. The number of piperidine rings is 1. The first kappa shape index (κ1) is 19.6. The van der Waals surface area contributed by atoms with Crippen molar-refractivity contribution in [2.24, 2.45) is 0 Å². The molecule has 6 nitrogen and oxygen atoms in total. The number of likely N-dealkylation sites (tertiary alicyclic amines) is 1. The molecule has 1 atom stereocenters. The van der Waals surface area contributed by atoms with E-state index < -0.39 is 0 Å². The summed E-state index contributed by atoms with van der Waals surface area (Å²) in [5, 5.41) is 1.92. The van der Waals surface area contributed by atoms with Gasteiger partial charge in [-0.1, -0.05) is 12.1 Å². The van der Waals surface area contributed by atoms with Crippen LogP contribution in [0.1, 0.15) is 25.7 Å². The molecule has 7 heteroatoms. The number of benzene rings is 1. The van der Waals surface area contributed by atoms with E-state index in [0.29, 0.717) is 24.7 Å². The zero-order chi connectivity index (χ0) is 19.3. The van der Waals surface area contributed by atoms with Crippen molar-refractivity contribution in [3.8, 4) is 0 Å². The Morgan fingerprint density at radius 1 is 1.07 bits per heavy atom. The minimum atomic E-state index is -0.146. The highest BCUT2D eigenvalue weighted by atomic mass is 19.1. The lowest BCUT2D eigenvalue weighted by Crippen LogP contribution is -2.56. The number of rotatable bonds is 5. The molecule has 0 radical (unpaired) electrons. The largest absolute Gasteiger partial charge is 0.367 e. The summed E-state index contributed by atoms with van der Waals surface area (Å²) >= 11 is 0. The van der Waals surface area contributed by atoms with Gasteiger partial charge in [0.05, 0.1) is 12.3 Å². The van der Waals surface area contributed by atoms with Crippen LogP contribution < -0.4 is 4.90 Å². The molecule has 28 heavy (non-hydrogen) atoms.